The van der Waals surface area contributed by atoms with E-state index >= 15 is 0 Å². The fourth-order valence-electron chi connectivity index (χ4n) is 2.23. The van der Waals surface area contributed by atoms with Gasteiger partial charge in [0.15, 0.2) is 6.10 Å². The minimum absolute atomic E-state index is 0.234. The number of halogens is 1. The maximum absolute atomic E-state index is 12.2. The molecule has 25 heavy (non-hydrogen) atoms. The van der Waals surface area contributed by atoms with Gasteiger partial charge in [0.25, 0.3) is 5.91 Å². The fraction of sp³-hybridized carbons (Fsp3) is 0.158. The van der Waals surface area contributed by atoms with Crippen LogP contribution in [0.5, 0.6) is 5.75 Å². The Morgan fingerprint density at radius 2 is 2.00 bits per heavy atom. The first-order chi connectivity index (χ1) is 12.0. The van der Waals surface area contributed by atoms with Gasteiger partial charge in [0, 0.05) is 27.3 Å². The summed E-state index contributed by atoms with van der Waals surface area (Å²) in [5.41, 5.74) is 2.68. The summed E-state index contributed by atoms with van der Waals surface area (Å²) in [6.45, 7) is 3.68. The summed E-state index contributed by atoms with van der Waals surface area (Å²) >= 11 is 7.52. The zero-order valence-corrected chi connectivity index (χ0v) is 15.4. The second kappa shape index (κ2) is 7.68. The first-order valence-corrected chi connectivity index (χ1v) is 9.03. The van der Waals surface area contributed by atoms with Gasteiger partial charge in [-0.15, -0.1) is 11.3 Å². The van der Waals surface area contributed by atoms with E-state index in [1.807, 2.05) is 36.6 Å². The van der Waals surface area contributed by atoms with E-state index in [4.69, 9.17) is 16.3 Å². The fourth-order valence-corrected chi connectivity index (χ4v) is 3.22. The molecule has 128 valence electrons. The van der Waals surface area contributed by atoms with Crippen molar-refractivity contribution < 1.29 is 9.53 Å². The van der Waals surface area contributed by atoms with Crippen LogP contribution in [0.4, 0.5) is 5.69 Å². The van der Waals surface area contributed by atoms with E-state index < -0.39 is 6.10 Å². The first kappa shape index (κ1) is 17.5. The second-order valence-electron chi connectivity index (χ2n) is 5.58. The van der Waals surface area contributed by atoms with Crippen molar-refractivity contribution >= 4 is 34.5 Å². The predicted molar refractivity (Wildman–Crippen MR) is 102 cm³/mol. The molecule has 2 aromatic carbocycles. The van der Waals surface area contributed by atoms with Crippen LogP contribution in [0.2, 0.25) is 5.02 Å². The third kappa shape index (κ3) is 4.59. The Morgan fingerprint density at radius 1 is 1.24 bits per heavy atom. The van der Waals surface area contributed by atoms with Crippen molar-refractivity contribution in [3.63, 3.8) is 0 Å². The normalized spacial score (nSPS) is 11.8. The van der Waals surface area contributed by atoms with Gasteiger partial charge < -0.3 is 10.1 Å². The molecule has 0 unspecified atom stereocenters. The molecule has 3 rings (SSSR count). The summed E-state index contributed by atoms with van der Waals surface area (Å²) in [6.07, 6.45) is -0.632. The molecule has 0 aliphatic heterocycles. The van der Waals surface area contributed by atoms with Gasteiger partial charge in [-0.3, -0.25) is 4.79 Å². The summed E-state index contributed by atoms with van der Waals surface area (Å²) in [5, 5.41) is 6.34. The number of nitrogens with one attached hydrogen (secondary N) is 1. The number of benzene rings is 2. The number of rotatable bonds is 5. The van der Waals surface area contributed by atoms with E-state index in [0.717, 1.165) is 16.3 Å². The average molecular weight is 373 g/mol. The molecule has 0 aliphatic carbocycles. The lowest BCUT2D eigenvalue weighted by atomic mass is 10.2. The van der Waals surface area contributed by atoms with E-state index in [9.17, 15) is 4.79 Å². The maximum atomic E-state index is 12.2. The summed E-state index contributed by atoms with van der Waals surface area (Å²) in [5.74, 6) is 0.396. The number of hydrogen-bond acceptors (Lipinski definition) is 4. The van der Waals surface area contributed by atoms with Crippen LogP contribution < -0.4 is 10.1 Å². The molecule has 0 fully saturated rings. The molecular formula is C19H17ClN2O2S. The number of thiazole rings is 1. The molecular weight excluding hydrogens is 356 g/mol. The molecule has 0 aliphatic rings. The molecule has 1 amide bonds. The minimum atomic E-state index is -0.632. The minimum Gasteiger partial charge on any atom is -0.481 e. The molecule has 0 saturated heterocycles. The van der Waals surface area contributed by atoms with E-state index in [2.05, 4.69) is 10.3 Å². The Labute approximate surface area is 155 Å². The quantitative estimate of drug-likeness (QED) is 0.671. The number of carbonyl (C=O) groups excluding carboxylic acids is 1. The number of aryl methyl sites for hydroxylation is 1. The summed E-state index contributed by atoms with van der Waals surface area (Å²) in [4.78, 5) is 16.7. The van der Waals surface area contributed by atoms with E-state index in [-0.39, 0.29) is 5.91 Å². The largest absolute Gasteiger partial charge is 0.481 e. The monoisotopic (exact) mass is 372 g/mol. The number of anilines is 1. The lowest BCUT2D eigenvalue weighted by Gasteiger charge is -2.15. The van der Waals surface area contributed by atoms with Gasteiger partial charge >= 0.3 is 0 Å². The molecule has 0 radical (unpaired) electrons. The molecule has 6 heteroatoms. The molecule has 1 atom stereocenters. The average Bonchev–Trinajstić information content (AvgIpc) is 3.02. The number of ether oxygens (including phenoxy) is 1. The lowest BCUT2D eigenvalue weighted by molar-refractivity contribution is -0.122. The third-order valence-corrected chi connectivity index (χ3v) is 4.74. The highest BCUT2D eigenvalue weighted by atomic mass is 35.5. The molecule has 0 bridgehead atoms. The Hall–Kier alpha value is -2.37. The van der Waals surface area contributed by atoms with Crippen molar-refractivity contribution in [1.29, 1.82) is 0 Å². The highest BCUT2D eigenvalue weighted by Crippen LogP contribution is 2.26. The third-order valence-electron chi connectivity index (χ3n) is 3.49. The van der Waals surface area contributed by atoms with Crippen molar-refractivity contribution in [1.82, 2.24) is 4.98 Å². The van der Waals surface area contributed by atoms with Crippen LogP contribution in [0.1, 0.15) is 12.6 Å². The van der Waals surface area contributed by atoms with E-state index in [1.54, 1.807) is 42.5 Å². The van der Waals surface area contributed by atoms with Crippen molar-refractivity contribution in [3.05, 3.63) is 64.6 Å². The SMILES string of the molecule is Cc1csc(-c2ccc(O[C@@H](C)C(=O)Nc3cccc(Cl)c3)cc2)n1. The molecule has 1 aromatic heterocycles. The van der Waals surface area contributed by atoms with Crippen molar-refractivity contribution in [3.8, 4) is 16.3 Å². The summed E-state index contributed by atoms with van der Waals surface area (Å²) in [7, 11) is 0. The predicted octanol–water partition coefficient (Wildman–Crippen LogP) is 5.18. The van der Waals surface area contributed by atoms with Crippen LogP contribution in [0.15, 0.2) is 53.9 Å². The Kier molecular flexibility index (Phi) is 5.36. The Bertz CT molecular complexity index is 877. The van der Waals surface area contributed by atoms with Gasteiger partial charge in [0.2, 0.25) is 0 Å². The molecule has 1 N–H and O–H groups in total. The highest BCUT2D eigenvalue weighted by Gasteiger charge is 2.15. The smallest absolute Gasteiger partial charge is 0.265 e. The second-order valence-corrected chi connectivity index (χ2v) is 6.87. The van der Waals surface area contributed by atoms with Crippen molar-refractivity contribution in [2.24, 2.45) is 0 Å². The molecule has 3 aromatic rings. The van der Waals surface area contributed by atoms with Crippen molar-refractivity contribution in [2.45, 2.75) is 20.0 Å². The zero-order valence-electron chi connectivity index (χ0n) is 13.8. The van der Waals surface area contributed by atoms with Crippen LogP contribution >= 0.6 is 22.9 Å². The lowest BCUT2D eigenvalue weighted by Crippen LogP contribution is -2.30. The maximum Gasteiger partial charge on any atom is 0.265 e. The number of carbonyl (C=O) groups is 1. The Balaban J connectivity index is 1.62. The van der Waals surface area contributed by atoms with Crippen LogP contribution in [-0.4, -0.2) is 17.0 Å². The number of amides is 1. The highest BCUT2D eigenvalue weighted by molar-refractivity contribution is 7.13. The number of nitrogens with zero attached hydrogens (tertiary/aromatic N) is 1. The van der Waals surface area contributed by atoms with E-state index in [1.165, 1.54) is 0 Å². The van der Waals surface area contributed by atoms with Gasteiger partial charge in [0.05, 0.1) is 0 Å². The van der Waals surface area contributed by atoms with Crippen LogP contribution in [0.3, 0.4) is 0 Å². The standard InChI is InChI=1S/C19H17ClN2O2S/c1-12-11-25-19(21-12)14-6-8-17(9-7-14)24-13(2)18(23)22-16-5-3-4-15(20)10-16/h3-11,13H,1-2H3,(H,22,23)/t13-/m0/s1. The van der Waals surface area contributed by atoms with E-state index in [0.29, 0.717) is 16.5 Å². The number of aromatic nitrogens is 1. The zero-order chi connectivity index (χ0) is 17.8. The van der Waals surface area contributed by atoms with Crippen LogP contribution in [-0.2, 0) is 4.79 Å². The van der Waals surface area contributed by atoms with Gasteiger partial charge in [-0.05, 0) is 56.3 Å². The summed E-state index contributed by atoms with van der Waals surface area (Å²) < 4.78 is 5.71. The van der Waals surface area contributed by atoms with Gasteiger partial charge in [-0.2, -0.15) is 0 Å². The van der Waals surface area contributed by atoms with Crippen LogP contribution in [0, 0.1) is 6.92 Å². The molecule has 0 saturated carbocycles. The summed E-state index contributed by atoms with van der Waals surface area (Å²) in [6, 6.07) is 14.6. The first-order valence-electron chi connectivity index (χ1n) is 7.77. The van der Waals surface area contributed by atoms with Gasteiger partial charge in [-0.1, -0.05) is 17.7 Å². The topological polar surface area (TPSA) is 51.2 Å². The molecule has 4 nitrogen and oxygen atoms in total. The van der Waals surface area contributed by atoms with Gasteiger partial charge in [-0.25, -0.2) is 4.98 Å². The number of hydrogen-bond donors (Lipinski definition) is 1. The van der Waals surface area contributed by atoms with Gasteiger partial charge in [0.1, 0.15) is 10.8 Å². The molecule has 1 heterocycles. The molecule has 0 spiro atoms. The Morgan fingerprint density at radius 3 is 2.64 bits per heavy atom. The van der Waals surface area contributed by atoms with Crippen LogP contribution in [0.25, 0.3) is 10.6 Å². The van der Waals surface area contributed by atoms with Crippen molar-refractivity contribution in [2.75, 3.05) is 5.32 Å².